The minimum atomic E-state index is -0.131. The summed E-state index contributed by atoms with van der Waals surface area (Å²) >= 11 is 0. The number of rotatable bonds is 2. The molecule has 0 aromatic rings. The fourth-order valence-corrected chi connectivity index (χ4v) is 2.11. The van der Waals surface area contributed by atoms with E-state index < -0.39 is 0 Å². The summed E-state index contributed by atoms with van der Waals surface area (Å²) in [4.78, 5) is 13.9. The van der Waals surface area contributed by atoms with Crippen molar-refractivity contribution in [1.29, 1.82) is 0 Å². The van der Waals surface area contributed by atoms with Crippen LogP contribution in [-0.4, -0.2) is 29.1 Å². The lowest BCUT2D eigenvalue weighted by molar-refractivity contribution is -0.131. The molecule has 0 aromatic heterocycles. The molecule has 1 amide bonds. The number of carbonyl (C=O) groups excluding carboxylic acids is 1. The van der Waals surface area contributed by atoms with Crippen molar-refractivity contribution in [2.45, 2.75) is 45.3 Å². The second-order valence-electron chi connectivity index (χ2n) is 4.75. The molecule has 2 aliphatic rings. The van der Waals surface area contributed by atoms with E-state index in [4.69, 9.17) is 0 Å². The quantitative estimate of drug-likeness (QED) is 0.689. The van der Waals surface area contributed by atoms with Gasteiger partial charge in [0.05, 0.1) is 11.7 Å². The fraction of sp³-hybridized carbons (Fsp3) is 0.900. The highest BCUT2D eigenvalue weighted by Crippen LogP contribution is 2.42. The van der Waals surface area contributed by atoms with Gasteiger partial charge < -0.3 is 4.90 Å². The lowest BCUT2D eigenvalue weighted by atomic mass is 10.2. The third-order valence-corrected chi connectivity index (χ3v) is 2.93. The third kappa shape index (κ3) is 1.35. The van der Waals surface area contributed by atoms with E-state index >= 15 is 0 Å². The maximum Gasteiger partial charge on any atom is 0.244 e. The lowest BCUT2D eigenvalue weighted by Crippen LogP contribution is -2.37. The minimum absolute atomic E-state index is 0.131. The zero-order valence-corrected chi connectivity index (χ0v) is 8.63. The molecule has 3 nitrogen and oxygen atoms in total. The van der Waals surface area contributed by atoms with Crippen molar-refractivity contribution in [3.05, 3.63) is 0 Å². The molecule has 2 rings (SSSR count). The van der Waals surface area contributed by atoms with Crippen LogP contribution in [0.2, 0.25) is 0 Å². The van der Waals surface area contributed by atoms with Gasteiger partial charge in [-0.2, -0.15) is 0 Å². The zero-order valence-electron chi connectivity index (χ0n) is 8.63. The second kappa shape index (κ2) is 2.71. The number of hydrogen-bond donors (Lipinski definition) is 1. The first-order chi connectivity index (χ1) is 6.05. The van der Waals surface area contributed by atoms with Crippen LogP contribution in [0.25, 0.3) is 0 Å². The molecule has 3 heteroatoms. The molecule has 0 radical (unpaired) electrons. The van der Waals surface area contributed by atoms with E-state index in [0.717, 1.165) is 19.4 Å². The van der Waals surface area contributed by atoms with Gasteiger partial charge in [-0.1, -0.05) is 13.8 Å². The molecule has 1 heterocycles. The minimum Gasteiger partial charge on any atom is -0.326 e. The van der Waals surface area contributed by atoms with Crippen molar-refractivity contribution in [2.75, 3.05) is 6.54 Å². The van der Waals surface area contributed by atoms with E-state index in [1.807, 2.05) is 4.90 Å². The number of amides is 1. The Balaban J connectivity index is 2.07. The summed E-state index contributed by atoms with van der Waals surface area (Å²) in [5, 5.41) is 3.39. The molecule has 1 spiro atoms. The average molecular weight is 182 g/mol. The fourth-order valence-electron chi connectivity index (χ4n) is 2.11. The van der Waals surface area contributed by atoms with E-state index in [0.29, 0.717) is 11.8 Å². The van der Waals surface area contributed by atoms with Crippen LogP contribution >= 0.6 is 0 Å². The summed E-state index contributed by atoms with van der Waals surface area (Å²) in [6, 6.07) is 0. The summed E-state index contributed by atoms with van der Waals surface area (Å²) < 4.78 is 0. The highest BCUT2D eigenvalue weighted by atomic mass is 16.2. The Labute approximate surface area is 79.5 Å². The summed E-state index contributed by atoms with van der Waals surface area (Å²) in [7, 11) is 0. The van der Waals surface area contributed by atoms with Gasteiger partial charge in [0.2, 0.25) is 5.91 Å². The van der Waals surface area contributed by atoms with Crippen LogP contribution in [0.4, 0.5) is 0 Å². The Bertz CT molecular complexity index is 233. The van der Waals surface area contributed by atoms with E-state index in [2.05, 4.69) is 26.1 Å². The van der Waals surface area contributed by atoms with Gasteiger partial charge in [0.25, 0.3) is 0 Å². The molecule has 2 fully saturated rings. The van der Waals surface area contributed by atoms with E-state index in [-0.39, 0.29) is 11.7 Å². The molecule has 1 unspecified atom stereocenters. The number of hydrogen-bond acceptors (Lipinski definition) is 2. The molecule has 13 heavy (non-hydrogen) atoms. The van der Waals surface area contributed by atoms with Crippen molar-refractivity contribution < 1.29 is 4.79 Å². The average Bonchev–Trinajstić information content (AvgIpc) is 2.75. The maximum atomic E-state index is 11.9. The predicted octanol–water partition coefficient (Wildman–Crippen LogP) is 0.953. The van der Waals surface area contributed by atoms with Gasteiger partial charge >= 0.3 is 0 Å². The summed E-state index contributed by atoms with van der Waals surface area (Å²) in [5.41, 5.74) is -0.131. The van der Waals surface area contributed by atoms with Crippen LogP contribution < -0.4 is 5.32 Å². The van der Waals surface area contributed by atoms with Gasteiger partial charge in [0.15, 0.2) is 0 Å². The Hall–Kier alpha value is -0.570. The van der Waals surface area contributed by atoms with E-state index in [9.17, 15) is 4.79 Å². The molecular weight excluding hydrogens is 164 g/mol. The molecule has 1 aliphatic heterocycles. The van der Waals surface area contributed by atoms with Crippen molar-refractivity contribution >= 4 is 5.91 Å². The van der Waals surface area contributed by atoms with Crippen molar-refractivity contribution in [1.82, 2.24) is 10.2 Å². The Kier molecular flexibility index (Phi) is 1.88. The molecule has 1 N–H and O–H groups in total. The Morgan fingerprint density at radius 3 is 2.62 bits per heavy atom. The van der Waals surface area contributed by atoms with Crippen molar-refractivity contribution in [3.8, 4) is 0 Å². The summed E-state index contributed by atoms with van der Waals surface area (Å²) in [5.74, 6) is 0.885. The first-order valence-electron chi connectivity index (χ1n) is 5.14. The molecule has 1 saturated carbocycles. The SMILES string of the molecule is CC(C)CN1C(=O)C2(CC2)NC1C. The Morgan fingerprint density at radius 1 is 1.62 bits per heavy atom. The normalized spacial score (nSPS) is 30.6. The van der Waals surface area contributed by atoms with Crippen LogP contribution in [-0.2, 0) is 4.79 Å². The van der Waals surface area contributed by atoms with Gasteiger partial charge in [-0.15, -0.1) is 0 Å². The molecule has 0 bridgehead atoms. The van der Waals surface area contributed by atoms with Crippen molar-refractivity contribution in [3.63, 3.8) is 0 Å². The zero-order chi connectivity index (χ0) is 9.64. The maximum absolute atomic E-state index is 11.9. The lowest BCUT2D eigenvalue weighted by Gasteiger charge is -2.22. The van der Waals surface area contributed by atoms with Gasteiger partial charge in [0, 0.05) is 6.54 Å². The van der Waals surface area contributed by atoms with E-state index in [1.54, 1.807) is 0 Å². The van der Waals surface area contributed by atoms with Gasteiger partial charge in [-0.25, -0.2) is 0 Å². The van der Waals surface area contributed by atoms with Gasteiger partial charge in [-0.05, 0) is 25.7 Å². The van der Waals surface area contributed by atoms with Crippen LogP contribution in [0.1, 0.15) is 33.6 Å². The monoisotopic (exact) mass is 182 g/mol. The Morgan fingerprint density at radius 2 is 2.23 bits per heavy atom. The third-order valence-electron chi connectivity index (χ3n) is 2.93. The molecule has 1 saturated heterocycles. The smallest absolute Gasteiger partial charge is 0.244 e. The largest absolute Gasteiger partial charge is 0.326 e. The van der Waals surface area contributed by atoms with Gasteiger partial charge in [-0.3, -0.25) is 10.1 Å². The topological polar surface area (TPSA) is 32.3 Å². The molecule has 0 aromatic carbocycles. The van der Waals surface area contributed by atoms with Crippen LogP contribution in [0.5, 0.6) is 0 Å². The standard InChI is InChI=1S/C10H18N2O/c1-7(2)6-12-8(3)11-10(4-5-10)9(12)13/h7-8,11H,4-6H2,1-3H3. The summed E-state index contributed by atoms with van der Waals surface area (Å²) in [6.07, 6.45) is 2.30. The predicted molar refractivity (Wildman–Crippen MR) is 51.1 cm³/mol. The number of carbonyl (C=O) groups is 1. The first kappa shape index (κ1) is 9.00. The van der Waals surface area contributed by atoms with Crippen LogP contribution in [0.3, 0.4) is 0 Å². The van der Waals surface area contributed by atoms with E-state index in [1.165, 1.54) is 0 Å². The first-order valence-corrected chi connectivity index (χ1v) is 5.14. The van der Waals surface area contributed by atoms with Crippen molar-refractivity contribution in [2.24, 2.45) is 5.92 Å². The molecule has 74 valence electrons. The highest BCUT2D eigenvalue weighted by molar-refractivity contribution is 5.91. The van der Waals surface area contributed by atoms with Crippen LogP contribution in [0, 0.1) is 5.92 Å². The highest BCUT2D eigenvalue weighted by Gasteiger charge is 2.57. The number of nitrogens with zero attached hydrogens (tertiary/aromatic N) is 1. The molecular formula is C10H18N2O. The van der Waals surface area contributed by atoms with Gasteiger partial charge in [0.1, 0.15) is 0 Å². The molecule has 1 aliphatic carbocycles. The second-order valence-corrected chi connectivity index (χ2v) is 4.75. The summed E-state index contributed by atoms with van der Waals surface area (Å²) in [6.45, 7) is 7.26. The number of nitrogens with one attached hydrogen (secondary N) is 1. The molecule has 1 atom stereocenters. The van der Waals surface area contributed by atoms with Crippen LogP contribution in [0.15, 0.2) is 0 Å².